The van der Waals surface area contributed by atoms with E-state index >= 15 is 0 Å². The van der Waals surface area contributed by atoms with Crippen molar-refractivity contribution in [1.29, 1.82) is 0 Å². The van der Waals surface area contributed by atoms with Crippen LogP contribution in [0.25, 0.3) is 20.5 Å². The number of carbonyl (C=O) groups is 1. The van der Waals surface area contributed by atoms with Crippen LogP contribution in [0.15, 0.2) is 60.7 Å². The van der Waals surface area contributed by atoms with Crippen LogP contribution in [0.2, 0.25) is 0 Å². The van der Waals surface area contributed by atoms with Gasteiger partial charge in [-0.05, 0) is 41.6 Å². The molecule has 4 aromatic rings. The maximum atomic E-state index is 14.4. The lowest BCUT2D eigenvalue weighted by Gasteiger charge is -2.24. The van der Waals surface area contributed by atoms with E-state index in [1.807, 2.05) is 17.0 Å². The molecule has 0 N–H and O–H groups in total. The maximum Gasteiger partial charge on any atom is 0.245 e. The van der Waals surface area contributed by atoms with Crippen LogP contribution in [0.1, 0.15) is 37.3 Å². The Kier molecular flexibility index (Phi) is 4.61. The van der Waals surface area contributed by atoms with Gasteiger partial charge in [0.15, 0.2) is 11.5 Å². The zero-order valence-corrected chi connectivity index (χ0v) is 20.3. The lowest BCUT2D eigenvalue weighted by molar-refractivity contribution is -0.122. The van der Waals surface area contributed by atoms with E-state index in [1.54, 1.807) is 11.3 Å². The van der Waals surface area contributed by atoms with Crippen LogP contribution in [0.5, 0.6) is 17.2 Å². The summed E-state index contributed by atoms with van der Waals surface area (Å²) in [4.78, 5) is 17.5. The van der Waals surface area contributed by atoms with Crippen molar-refractivity contribution in [2.45, 2.75) is 31.6 Å². The summed E-state index contributed by atoms with van der Waals surface area (Å²) in [6.45, 7) is 3.36. The topological polar surface area (TPSA) is 48.0 Å². The summed E-state index contributed by atoms with van der Waals surface area (Å²) in [5.74, 6) is 2.14. The molecule has 0 radical (unpaired) electrons. The second kappa shape index (κ2) is 7.75. The van der Waals surface area contributed by atoms with Gasteiger partial charge in [-0.2, -0.15) is 0 Å². The Balaban J connectivity index is 1.47. The van der Waals surface area contributed by atoms with Crippen molar-refractivity contribution in [3.05, 3.63) is 71.8 Å². The van der Waals surface area contributed by atoms with Crippen LogP contribution >= 0.6 is 11.3 Å². The summed E-state index contributed by atoms with van der Waals surface area (Å²) >= 11 is 1.77. The van der Waals surface area contributed by atoms with E-state index in [0.717, 1.165) is 41.6 Å². The Morgan fingerprint density at radius 1 is 0.943 bits per heavy atom. The molecule has 1 unspecified atom stereocenters. The highest BCUT2D eigenvalue weighted by Gasteiger charge is 2.58. The van der Waals surface area contributed by atoms with E-state index in [2.05, 4.69) is 55.5 Å². The predicted molar refractivity (Wildman–Crippen MR) is 138 cm³/mol. The van der Waals surface area contributed by atoms with E-state index in [4.69, 9.17) is 14.2 Å². The Morgan fingerprint density at radius 2 is 1.80 bits per heavy atom. The molecule has 6 heteroatoms. The lowest BCUT2D eigenvalue weighted by Crippen LogP contribution is -2.43. The fourth-order valence-electron chi connectivity index (χ4n) is 5.75. The van der Waals surface area contributed by atoms with Gasteiger partial charge in [-0.25, -0.2) is 0 Å². The summed E-state index contributed by atoms with van der Waals surface area (Å²) in [6.07, 6.45) is 3.17. The molecular weight excluding hydrogens is 458 g/mol. The lowest BCUT2D eigenvalue weighted by atomic mass is 9.75. The SMILES string of the molecule is CCCCCN1C(=O)C2(COc3cc4c(cc32)OCO4)c2c(-c3cc4ccccc4s3)cccc21. The fourth-order valence-corrected chi connectivity index (χ4v) is 6.84. The van der Waals surface area contributed by atoms with Gasteiger partial charge in [0, 0.05) is 39.0 Å². The first-order valence-corrected chi connectivity index (χ1v) is 13.0. The van der Waals surface area contributed by atoms with Gasteiger partial charge in [0.2, 0.25) is 12.7 Å². The highest BCUT2D eigenvalue weighted by Crippen LogP contribution is 2.58. The third-order valence-electron chi connectivity index (χ3n) is 7.43. The monoisotopic (exact) mass is 483 g/mol. The van der Waals surface area contributed by atoms with Crippen molar-refractivity contribution in [3.63, 3.8) is 0 Å². The molecule has 0 saturated heterocycles. The van der Waals surface area contributed by atoms with E-state index in [0.29, 0.717) is 23.8 Å². The van der Waals surface area contributed by atoms with Crippen molar-refractivity contribution in [1.82, 2.24) is 0 Å². The second-order valence-corrected chi connectivity index (χ2v) is 10.5. The third kappa shape index (κ3) is 2.89. The average Bonchev–Trinajstić information content (AvgIpc) is 3.64. The maximum absolute atomic E-state index is 14.4. The molecule has 1 atom stereocenters. The van der Waals surface area contributed by atoms with Gasteiger partial charge in [0.25, 0.3) is 0 Å². The zero-order chi connectivity index (χ0) is 23.6. The van der Waals surface area contributed by atoms with Gasteiger partial charge < -0.3 is 19.1 Å². The third-order valence-corrected chi connectivity index (χ3v) is 8.57. The molecule has 3 aliphatic heterocycles. The molecule has 1 amide bonds. The smallest absolute Gasteiger partial charge is 0.245 e. The molecule has 5 nitrogen and oxygen atoms in total. The molecule has 3 aliphatic rings. The highest BCUT2D eigenvalue weighted by molar-refractivity contribution is 7.22. The van der Waals surface area contributed by atoms with Crippen molar-refractivity contribution < 1.29 is 19.0 Å². The minimum Gasteiger partial charge on any atom is -0.491 e. The number of thiophene rings is 1. The number of hydrogen-bond acceptors (Lipinski definition) is 5. The van der Waals surface area contributed by atoms with Crippen molar-refractivity contribution in [3.8, 4) is 27.7 Å². The van der Waals surface area contributed by atoms with Gasteiger partial charge in [0.1, 0.15) is 17.8 Å². The minimum atomic E-state index is -0.898. The number of ether oxygens (including phenoxy) is 3. The van der Waals surface area contributed by atoms with Gasteiger partial charge in [-0.3, -0.25) is 4.79 Å². The molecule has 35 heavy (non-hydrogen) atoms. The molecule has 3 aromatic carbocycles. The molecule has 4 heterocycles. The Morgan fingerprint density at radius 3 is 2.66 bits per heavy atom. The van der Waals surface area contributed by atoms with Crippen molar-refractivity contribution in [2.24, 2.45) is 0 Å². The number of anilines is 1. The van der Waals surface area contributed by atoms with Crippen LogP contribution in [0.4, 0.5) is 5.69 Å². The summed E-state index contributed by atoms with van der Waals surface area (Å²) in [6, 6.07) is 20.8. The molecular formula is C29H25NO4S. The van der Waals surface area contributed by atoms with Crippen molar-refractivity contribution >= 4 is 33.0 Å². The van der Waals surface area contributed by atoms with Gasteiger partial charge in [-0.1, -0.05) is 50.1 Å². The summed E-state index contributed by atoms with van der Waals surface area (Å²) in [7, 11) is 0. The number of hydrogen-bond donors (Lipinski definition) is 0. The summed E-state index contributed by atoms with van der Waals surface area (Å²) in [5, 5.41) is 1.22. The highest BCUT2D eigenvalue weighted by atomic mass is 32.1. The minimum absolute atomic E-state index is 0.0924. The summed E-state index contributed by atoms with van der Waals surface area (Å²) < 4.78 is 18.8. The second-order valence-electron chi connectivity index (χ2n) is 9.41. The molecule has 0 fully saturated rings. The van der Waals surface area contributed by atoms with Gasteiger partial charge >= 0.3 is 0 Å². The molecule has 176 valence electrons. The first-order valence-electron chi connectivity index (χ1n) is 12.2. The number of rotatable bonds is 5. The number of unbranched alkanes of at least 4 members (excludes halogenated alkanes) is 2. The van der Waals surface area contributed by atoms with Crippen LogP contribution in [0, 0.1) is 0 Å². The zero-order valence-electron chi connectivity index (χ0n) is 19.5. The number of benzene rings is 3. The normalized spacial score (nSPS) is 19.5. The number of carbonyl (C=O) groups excluding carboxylic acids is 1. The predicted octanol–water partition coefficient (Wildman–Crippen LogP) is 6.51. The van der Waals surface area contributed by atoms with Crippen LogP contribution in [0.3, 0.4) is 0 Å². The van der Waals surface area contributed by atoms with Crippen LogP contribution in [-0.2, 0) is 10.2 Å². The quantitative estimate of drug-likeness (QED) is 0.304. The Labute approximate surface area is 207 Å². The average molecular weight is 484 g/mol. The van der Waals surface area contributed by atoms with Gasteiger partial charge in [0.05, 0.1) is 0 Å². The number of nitrogens with zero attached hydrogens (tertiary/aromatic N) is 1. The summed E-state index contributed by atoms with van der Waals surface area (Å²) in [5.41, 5.74) is 3.12. The first kappa shape index (κ1) is 20.8. The Hall–Kier alpha value is -3.51. The molecule has 0 bridgehead atoms. The molecule has 1 spiro atoms. The standard InChI is InChI=1S/C29H25NO4S/c1-2-3-6-12-30-21-10-7-9-19(26-13-18-8-4-5-11-25(18)35-26)27(21)29(28(30)31)16-32-22-15-24-23(14-20(22)29)33-17-34-24/h4-5,7-11,13-15H,2-3,6,12,16-17H2,1H3. The van der Waals surface area contributed by atoms with Crippen LogP contribution in [-0.4, -0.2) is 25.9 Å². The van der Waals surface area contributed by atoms with Crippen LogP contribution < -0.4 is 19.1 Å². The van der Waals surface area contributed by atoms with E-state index in [1.165, 1.54) is 15.0 Å². The largest absolute Gasteiger partial charge is 0.491 e. The fraction of sp³-hybridized carbons (Fsp3) is 0.276. The van der Waals surface area contributed by atoms with E-state index in [9.17, 15) is 4.79 Å². The molecule has 0 saturated carbocycles. The van der Waals surface area contributed by atoms with Gasteiger partial charge in [-0.15, -0.1) is 11.3 Å². The van der Waals surface area contributed by atoms with E-state index < -0.39 is 5.41 Å². The molecule has 0 aliphatic carbocycles. The van der Waals surface area contributed by atoms with E-state index in [-0.39, 0.29) is 19.3 Å². The first-order chi connectivity index (χ1) is 17.2. The van der Waals surface area contributed by atoms with Crippen molar-refractivity contribution in [2.75, 3.05) is 24.8 Å². The molecule has 7 rings (SSSR count). The molecule has 1 aromatic heterocycles. The Bertz CT molecular complexity index is 1460. The number of amides is 1. The number of fused-ring (bicyclic) bond motifs is 6.